The van der Waals surface area contributed by atoms with Crippen molar-refractivity contribution in [3.8, 4) is 5.75 Å². The molecule has 0 spiro atoms. The first-order valence-corrected chi connectivity index (χ1v) is 7.37. The molecule has 0 aliphatic heterocycles. The van der Waals surface area contributed by atoms with Crippen LogP contribution >= 0.6 is 0 Å². The molecule has 0 unspecified atom stereocenters. The Morgan fingerprint density at radius 2 is 1.88 bits per heavy atom. The van der Waals surface area contributed by atoms with Crippen molar-refractivity contribution in [1.29, 1.82) is 0 Å². The van der Waals surface area contributed by atoms with E-state index in [4.69, 9.17) is 4.74 Å². The molecule has 0 saturated heterocycles. The summed E-state index contributed by atoms with van der Waals surface area (Å²) in [6, 6.07) is 8.81. The molecule has 0 radical (unpaired) electrons. The highest BCUT2D eigenvalue weighted by Gasteiger charge is 2.14. The number of hydrogen-bond donors (Lipinski definition) is 1. The first-order valence-electron chi connectivity index (χ1n) is 7.37. The normalized spacial score (nSPS) is 10.8. The summed E-state index contributed by atoms with van der Waals surface area (Å²) >= 11 is 0. The second-order valence-corrected chi connectivity index (χ2v) is 4.93. The lowest BCUT2D eigenvalue weighted by Gasteiger charge is -2.08. The van der Waals surface area contributed by atoms with Gasteiger partial charge in [-0.1, -0.05) is 25.1 Å². The summed E-state index contributed by atoms with van der Waals surface area (Å²) in [7, 11) is 0. The molecule has 0 atom stereocenters. The highest BCUT2D eigenvalue weighted by atomic mass is 19.2. The molecule has 0 fully saturated rings. The van der Waals surface area contributed by atoms with Gasteiger partial charge in [0.1, 0.15) is 5.75 Å². The van der Waals surface area contributed by atoms with E-state index in [0.29, 0.717) is 17.9 Å². The van der Waals surface area contributed by atoms with Gasteiger partial charge in [-0.15, -0.1) is 0 Å². The summed E-state index contributed by atoms with van der Waals surface area (Å²) in [6.07, 6.45) is 3.50. The molecule has 0 aliphatic rings. The van der Waals surface area contributed by atoms with Gasteiger partial charge in [0.25, 0.3) is 0 Å². The molecule has 2 aromatic carbocycles. The molecule has 2 aromatic rings. The van der Waals surface area contributed by atoms with Crippen molar-refractivity contribution in [3.05, 3.63) is 65.5 Å². The summed E-state index contributed by atoms with van der Waals surface area (Å²) in [5, 5.41) is 2.16. The smallest absolute Gasteiger partial charge is 0.248 e. The van der Waals surface area contributed by atoms with E-state index in [2.05, 4.69) is 5.32 Å². The second-order valence-electron chi connectivity index (χ2n) is 4.93. The van der Waals surface area contributed by atoms with Crippen LogP contribution in [0.5, 0.6) is 5.75 Å². The molecule has 1 N–H and O–H groups in total. The minimum Gasteiger partial charge on any atom is -0.493 e. The predicted octanol–water partition coefficient (Wildman–Crippen LogP) is 4.54. The summed E-state index contributed by atoms with van der Waals surface area (Å²) in [4.78, 5) is 11.8. The van der Waals surface area contributed by atoms with Crippen LogP contribution in [-0.2, 0) is 4.79 Å². The molecule has 24 heavy (non-hydrogen) atoms. The summed E-state index contributed by atoms with van der Waals surface area (Å²) in [6.45, 7) is 2.51. The van der Waals surface area contributed by atoms with Crippen molar-refractivity contribution < 1.29 is 22.7 Å². The maximum absolute atomic E-state index is 13.5. The third kappa shape index (κ3) is 4.38. The average molecular weight is 335 g/mol. The van der Waals surface area contributed by atoms with Crippen molar-refractivity contribution in [2.45, 2.75) is 13.3 Å². The van der Waals surface area contributed by atoms with Crippen LogP contribution in [0.4, 0.5) is 18.9 Å². The number of carbonyl (C=O) groups excluding carboxylic acids is 1. The average Bonchev–Trinajstić information content (AvgIpc) is 2.59. The van der Waals surface area contributed by atoms with Crippen molar-refractivity contribution in [1.82, 2.24) is 0 Å². The minimum atomic E-state index is -1.63. The van der Waals surface area contributed by atoms with Crippen molar-refractivity contribution in [3.63, 3.8) is 0 Å². The van der Waals surface area contributed by atoms with Crippen LogP contribution in [0.15, 0.2) is 42.5 Å². The molecule has 0 bridgehead atoms. The Kier molecular flexibility index (Phi) is 6.01. The number of benzene rings is 2. The van der Waals surface area contributed by atoms with Gasteiger partial charge >= 0.3 is 0 Å². The molecule has 0 heterocycles. The van der Waals surface area contributed by atoms with Gasteiger partial charge in [-0.3, -0.25) is 4.79 Å². The predicted molar refractivity (Wildman–Crippen MR) is 86.2 cm³/mol. The van der Waals surface area contributed by atoms with E-state index in [1.807, 2.05) is 6.92 Å². The summed E-state index contributed by atoms with van der Waals surface area (Å²) in [5.74, 6) is -4.45. The van der Waals surface area contributed by atoms with Gasteiger partial charge in [0, 0.05) is 11.6 Å². The van der Waals surface area contributed by atoms with Crippen LogP contribution in [0, 0.1) is 17.5 Å². The van der Waals surface area contributed by atoms with E-state index in [1.54, 1.807) is 24.3 Å². The van der Waals surface area contributed by atoms with Gasteiger partial charge in [-0.25, -0.2) is 13.2 Å². The zero-order valence-electron chi connectivity index (χ0n) is 13.0. The lowest BCUT2D eigenvalue weighted by atomic mass is 10.2. The number of nitrogens with one attached hydrogen (secondary N) is 1. The molecule has 0 saturated carbocycles. The minimum absolute atomic E-state index is 0.431. The molecule has 6 heteroatoms. The van der Waals surface area contributed by atoms with Gasteiger partial charge in [0.05, 0.1) is 12.3 Å². The SMILES string of the molecule is CCCOc1ccccc1/C=C/C(=O)Nc1ccc(F)c(F)c1F. The number of hydrogen-bond acceptors (Lipinski definition) is 2. The number of ether oxygens (including phenoxy) is 1. The largest absolute Gasteiger partial charge is 0.493 e. The Balaban J connectivity index is 2.10. The Bertz CT molecular complexity index is 760. The van der Waals surface area contributed by atoms with Crippen molar-refractivity contribution in [2.75, 3.05) is 11.9 Å². The quantitative estimate of drug-likeness (QED) is 0.621. The van der Waals surface area contributed by atoms with E-state index in [9.17, 15) is 18.0 Å². The third-order valence-electron chi connectivity index (χ3n) is 3.09. The van der Waals surface area contributed by atoms with Crippen LogP contribution in [0.2, 0.25) is 0 Å². The highest BCUT2D eigenvalue weighted by molar-refractivity contribution is 6.02. The van der Waals surface area contributed by atoms with Crippen LogP contribution in [0.1, 0.15) is 18.9 Å². The number of carbonyl (C=O) groups is 1. The Morgan fingerprint density at radius 3 is 2.62 bits per heavy atom. The van der Waals surface area contributed by atoms with Crippen LogP contribution in [0.3, 0.4) is 0 Å². The maximum Gasteiger partial charge on any atom is 0.248 e. The van der Waals surface area contributed by atoms with Gasteiger partial charge in [-0.2, -0.15) is 0 Å². The zero-order chi connectivity index (χ0) is 17.5. The molecule has 2 rings (SSSR count). The molecule has 1 amide bonds. The molecule has 126 valence electrons. The lowest BCUT2D eigenvalue weighted by Crippen LogP contribution is -2.10. The number of para-hydroxylation sites is 1. The Labute approximate surface area is 137 Å². The number of amides is 1. The van der Waals surface area contributed by atoms with Crippen LogP contribution < -0.4 is 10.1 Å². The van der Waals surface area contributed by atoms with Crippen molar-refractivity contribution >= 4 is 17.7 Å². The fourth-order valence-corrected chi connectivity index (χ4v) is 1.92. The Hall–Kier alpha value is -2.76. The molecule has 0 aliphatic carbocycles. The van der Waals surface area contributed by atoms with Crippen LogP contribution in [0.25, 0.3) is 6.08 Å². The summed E-state index contributed by atoms with van der Waals surface area (Å²) < 4.78 is 45.1. The fraction of sp³-hybridized carbons (Fsp3) is 0.167. The fourth-order valence-electron chi connectivity index (χ4n) is 1.92. The third-order valence-corrected chi connectivity index (χ3v) is 3.09. The topological polar surface area (TPSA) is 38.3 Å². The lowest BCUT2D eigenvalue weighted by molar-refractivity contribution is -0.111. The van der Waals surface area contributed by atoms with Crippen LogP contribution in [-0.4, -0.2) is 12.5 Å². The molecular formula is C18H16F3NO2. The first kappa shape index (κ1) is 17.6. The monoisotopic (exact) mass is 335 g/mol. The molecular weight excluding hydrogens is 319 g/mol. The van der Waals surface area contributed by atoms with E-state index in [1.165, 1.54) is 6.08 Å². The summed E-state index contributed by atoms with van der Waals surface area (Å²) in [5.41, 5.74) is 0.242. The van der Waals surface area contributed by atoms with Crippen molar-refractivity contribution in [2.24, 2.45) is 0 Å². The molecule has 3 nitrogen and oxygen atoms in total. The highest BCUT2D eigenvalue weighted by Crippen LogP contribution is 2.21. The van der Waals surface area contributed by atoms with E-state index < -0.39 is 29.0 Å². The van der Waals surface area contributed by atoms with Gasteiger partial charge < -0.3 is 10.1 Å². The Morgan fingerprint density at radius 1 is 1.12 bits per heavy atom. The van der Waals surface area contributed by atoms with Gasteiger partial charge in [-0.05, 0) is 30.7 Å². The second kappa shape index (κ2) is 8.19. The maximum atomic E-state index is 13.5. The standard InChI is InChI=1S/C18H16F3NO2/c1-2-11-24-15-6-4-3-5-12(15)7-10-16(23)22-14-9-8-13(19)17(20)18(14)21/h3-10H,2,11H2,1H3,(H,22,23)/b10-7+. The number of rotatable bonds is 6. The van der Waals surface area contributed by atoms with Gasteiger partial charge in [0.2, 0.25) is 5.91 Å². The zero-order valence-corrected chi connectivity index (χ0v) is 13.0. The first-order chi connectivity index (χ1) is 11.5. The van der Waals surface area contributed by atoms with E-state index in [0.717, 1.165) is 24.6 Å². The van der Waals surface area contributed by atoms with E-state index in [-0.39, 0.29) is 0 Å². The van der Waals surface area contributed by atoms with Gasteiger partial charge in [0.15, 0.2) is 17.5 Å². The number of halogens is 3. The van der Waals surface area contributed by atoms with E-state index >= 15 is 0 Å². The molecule has 0 aromatic heterocycles. The number of anilines is 1.